The minimum absolute atomic E-state index is 0.113. The van der Waals surface area contributed by atoms with Gasteiger partial charge in [-0.2, -0.15) is 0 Å². The van der Waals surface area contributed by atoms with Crippen molar-refractivity contribution in [1.29, 1.82) is 0 Å². The van der Waals surface area contributed by atoms with Crippen LogP contribution in [0.15, 0.2) is 65.8 Å². The number of hydrogen-bond acceptors (Lipinski definition) is 5. The number of ketones is 1. The number of hydrogen-bond donors (Lipinski definition) is 0. The fourth-order valence-electron chi connectivity index (χ4n) is 3.49. The molecule has 0 aliphatic rings. The molecule has 4 aromatic rings. The summed E-state index contributed by atoms with van der Waals surface area (Å²) in [5.74, 6) is 0.454. The van der Waals surface area contributed by atoms with E-state index in [-0.39, 0.29) is 5.78 Å². The summed E-state index contributed by atoms with van der Waals surface area (Å²) in [7, 11) is 0. The molecule has 0 amide bonds. The van der Waals surface area contributed by atoms with E-state index in [0.29, 0.717) is 12.3 Å². The van der Waals surface area contributed by atoms with Gasteiger partial charge in [-0.3, -0.25) is 4.79 Å². The minimum atomic E-state index is 0.113. The normalized spacial score (nSPS) is 11.1. The third-order valence-corrected chi connectivity index (χ3v) is 6.82. The van der Waals surface area contributed by atoms with Crippen LogP contribution in [0.5, 0.6) is 0 Å². The Kier molecular flexibility index (Phi) is 5.65. The van der Waals surface area contributed by atoms with Crippen LogP contribution in [0.4, 0.5) is 0 Å². The minimum Gasteiger partial charge on any atom is -0.345 e. The summed E-state index contributed by atoms with van der Waals surface area (Å²) in [5, 5.41) is 3.99. The fourth-order valence-corrected chi connectivity index (χ4v) is 5.37. The number of aromatic nitrogens is 3. The van der Waals surface area contributed by atoms with Crippen LogP contribution >= 0.6 is 23.1 Å². The van der Waals surface area contributed by atoms with Crippen molar-refractivity contribution in [3.8, 4) is 11.1 Å². The number of carbonyl (C=O) groups excluding carboxylic acids is 1. The number of thiophene rings is 1. The number of aryl methyl sites for hydroxylation is 1. The molecular formula is C23H21N3OS2. The fraction of sp³-hybridized carbons (Fsp3) is 0.174. The van der Waals surface area contributed by atoms with Gasteiger partial charge in [0.2, 0.25) is 0 Å². The highest BCUT2D eigenvalue weighted by Crippen LogP contribution is 2.38. The lowest BCUT2D eigenvalue weighted by Crippen LogP contribution is -2.06. The highest BCUT2D eigenvalue weighted by molar-refractivity contribution is 8.00. The average Bonchev–Trinajstić information content (AvgIpc) is 3.30. The van der Waals surface area contributed by atoms with Gasteiger partial charge in [-0.15, -0.1) is 17.9 Å². The molecule has 0 unspecified atom stereocenters. The lowest BCUT2D eigenvalue weighted by molar-refractivity contribution is 0.102. The SMILES string of the molecule is C=CCn1c(C)cc(C(=O)CSc2ncnc3scc(-c4ccccc4)c23)c1C. The molecule has 0 atom stereocenters. The van der Waals surface area contributed by atoms with Gasteiger partial charge < -0.3 is 4.57 Å². The zero-order valence-electron chi connectivity index (χ0n) is 16.4. The first-order valence-corrected chi connectivity index (χ1v) is 11.2. The standard InChI is InChI=1S/C23H21N3OS2/c1-4-10-26-15(2)11-18(16(26)3)20(27)13-29-23-21-19(17-8-6-5-7-9-17)12-28-22(21)24-14-25-23/h4-9,11-12,14H,1,10,13H2,2-3H3. The van der Waals surface area contributed by atoms with Crippen molar-refractivity contribution in [3.63, 3.8) is 0 Å². The van der Waals surface area contributed by atoms with E-state index in [9.17, 15) is 4.79 Å². The Labute approximate surface area is 178 Å². The van der Waals surface area contributed by atoms with Gasteiger partial charge in [-0.05, 0) is 25.5 Å². The number of Topliss-reactive ketones (excluding diaryl/α,β-unsaturated/α-hetero) is 1. The van der Waals surface area contributed by atoms with Gasteiger partial charge in [0.1, 0.15) is 16.2 Å². The predicted molar refractivity (Wildman–Crippen MR) is 122 cm³/mol. The summed E-state index contributed by atoms with van der Waals surface area (Å²) in [5.41, 5.74) is 5.08. The maximum Gasteiger partial charge on any atom is 0.174 e. The van der Waals surface area contributed by atoms with Crippen molar-refractivity contribution >= 4 is 39.1 Å². The van der Waals surface area contributed by atoms with Gasteiger partial charge in [-0.1, -0.05) is 48.2 Å². The van der Waals surface area contributed by atoms with Gasteiger partial charge in [0, 0.05) is 34.4 Å². The maximum absolute atomic E-state index is 12.9. The third-order valence-electron chi connectivity index (χ3n) is 4.95. The van der Waals surface area contributed by atoms with Gasteiger partial charge >= 0.3 is 0 Å². The first-order chi connectivity index (χ1) is 14.1. The van der Waals surface area contributed by atoms with Gasteiger partial charge in [0.05, 0.1) is 11.1 Å². The molecule has 0 aliphatic carbocycles. The molecule has 3 heterocycles. The van der Waals surface area contributed by atoms with Gasteiger partial charge in [-0.25, -0.2) is 9.97 Å². The predicted octanol–water partition coefficient (Wildman–Crippen LogP) is 5.94. The summed E-state index contributed by atoms with van der Waals surface area (Å²) in [6, 6.07) is 12.2. The number of fused-ring (bicyclic) bond motifs is 1. The molecule has 0 fully saturated rings. The van der Waals surface area contributed by atoms with Crippen LogP contribution in [0.3, 0.4) is 0 Å². The van der Waals surface area contributed by atoms with E-state index in [2.05, 4.69) is 38.6 Å². The van der Waals surface area contributed by atoms with Gasteiger partial charge in [0.25, 0.3) is 0 Å². The van der Waals surface area contributed by atoms with E-state index in [0.717, 1.165) is 43.3 Å². The Morgan fingerprint density at radius 1 is 1.24 bits per heavy atom. The van der Waals surface area contributed by atoms with Crippen molar-refractivity contribution in [3.05, 3.63) is 77.7 Å². The van der Waals surface area contributed by atoms with Crippen LogP contribution in [-0.2, 0) is 6.54 Å². The molecule has 29 heavy (non-hydrogen) atoms. The topological polar surface area (TPSA) is 47.8 Å². The molecule has 0 saturated heterocycles. The van der Waals surface area contributed by atoms with E-state index in [1.165, 1.54) is 11.8 Å². The zero-order chi connectivity index (χ0) is 20.4. The van der Waals surface area contributed by atoms with Crippen molar-refractivity contribution < 1.29 is 4.79 Å². The Hall–Kier alpha value is -2.70. The summed E-state index contributed by atoms with van der Waals surface area (Å²) in [6.07, 6.45) is 3.43. The van der Waals surface area contributed by atoms with Crippen LogP contribution in [0.25, 0.3) is 21.3 Å². The highest BCUT2D eigenvalue weighted by atomic mass is 32.2. The molecule has 6 heteroatoms. The lowest BCUT2D eigenvalue weighted by atomic mass is 10.1. The molecule has 1 aromatic carbocycles. The lowest BCUT2D eigenvalue weighted by Gasteiger charge is -2.07. The van der Waals surface area contributed by atoms with Crippen LogP contribution in [0.1, 0.15) is 21.7 Å². The summed E-state index contributed by atoms with van der Waals surface area (Å²) < 4.78 is 2.11. The van der Waals surface area contributed by atoms with Crippen molar-refractivity contribution in [1.82, 2.24) is 14.5 Å². The molecule has 4 rings (SSSR count). The van der Waals surface area contributed by atoms with Crippen molar-refractivity contribution in [2.75, 3.05) is 5.75 Å². The molecule has 146 valence electrons. The molecule has 0 spiro atoms. The molecule has 0 aliphatic heterocycles. The third kappa shape index (κ3) is 3.78. The zero-order valence-corrected chi connectivity index (χ0v) is 18.0. The van der Waals surface area contributed by atoms with E-state index in [1.54, 1.807) is 17.7 Å². The molecule has 3 aromatic heterocycles. The second-order valence-corrected chi connectivity index (χ2v) is 8.59. The van der Waals surface area contributed by atoms with Crippen LogP contribution in [0.2, 0.25) is 0 Å². The van der Waals surface area contributed by atoms with Crippen LogP contribution in [0, 0.1) is 13.8 Å². The first-order valence-electron chi connectivity index (χ1n) is 9.31. The Balaban J connectivity index is 1.62. The van der Waals surface area contributed by atoms with Crippen molar-refractivity contribution in [2.24, 2.45) is 0 Å². The summed E-state index contributed by atoms with van der Waals surface area (Å²) in [4.78, 5) is 22.8. The van der Waals surface area contributed by atoms with Gasteiger partial charge in [0.15, 0.2) is 5.78 Å². The molecule has 0 bridgehead atoms. The number of carbonyl (C=O) groups is 1. The highest BCUT2D eigenvalue weighted by Gasteiger charge is 2.18. The van der Waals surface area contributed by atoms with E-state index < -0.39 is 0 Å². The first kappa shape index (κ1) is 19.6. The van der Waals surface area contributed by atoms with E-state index >= 15 is 0 Å². The average molecular weight is 420 g/mol. The second kappa shape index (κ2) is 8.35. The smallest absolute Gasteiger partial charge is 0.174 e. The van der Waals surface area contributed by atoms with Crippen LogP contribution in [-0.4, -0.2) is 26.1 Å². The molecule has 4 nitrogen and oxygen atoms in total. The second-order valence-electron chi connectivity index (χ2n) is 6.77. The van der Waals surface area contributed by atoms with Crippen molar-refractivity contribution in [2.45, 2.75) is 25.4 Å². The quantitative estimate of drug-likeness (QED) is 0.161. The monoisotopic (exact) mass is 419 g/mol. The Morgan fingerprint density at radius 2 is 2.03 bits per heavy atom. The number of allylic oxidation sites excluding steroid dienone is 1. The van der Waals surface area contributed by atoms with E-state index in [1.807, 2.05) is 44.2 Å². The largest absolute Gasteiger partial charge is 0.345 e. The molecule has 0 saturated carbocycles. The molecular weight excluding hydrogens is 398 g/mol. The molecule has 0 radical (unpaired) electrons. The van der Waals surface area contributed by atoms with Crippen LogP contribution < -0.4 is 0 Å². The number of benzene rings is 1. The van der Waals surface area contributed by atoms with E-state index in [4.69, 9.17) is 0 Å². The Morgan fingerprint density at radius 3 is 2.79 bits per heavy atom. The number of thioether (sulfide) groups is 1. The maximum atomic E-state index is 12.9. The number of nitrogens with zero attached hydrogens (tertiary/aromatic N) is 3. The summed E-state index contributed by atoms with van der Waals surface area (Å²) >= 11 is 3.08. The summed E-state index contributed by atoms with van der Waals surface area (Å²) in [6.45, 7) is 8.52. The Bertz CT molecular complexity index is 1190. The number of rotatable bonds is 7. The molecule has 0 N–H and O–H groups in total.